The van der Waals surface area contributed by atoms with Crippen LogP contribution in [0.1, 0.15) is 23.5 Å². The minimum absolute atomic E-state index is 0.0753. The third kappa shape index (κ3) is 2.99. The van der Waals surface area contributed by atoms with Crippen LogP contribution in [-0.4, -0.2) is 44.7 Å². The number of carbonyl (C=O) groups is 1. The van der Waals surface area contributed by atoms with E-state index in [9.17, 15) is 4.79 Å². The number of carbonyl (C=O) groups excluding carboxylic acids is 1. The Morgan fingerprint density at radius 3 is 2.46 bits per heavy atom. The van der Waals surface area contributed by atoms with Gasteiger partial charge in [-0.3, -0.25) is 4.79 Å². The number of benzene rings is 2. The fraction of sp³-hybridized carbons (Fsp3) is 0.250. The summed E-state index contributed by atoms with van der Waals surface area (Å²) in [5, 5.41) is 4.54. The Bertz CT molecular complexity index is 834. The number of nitrogens with zero attached hydrogens (tertiary/aromatic N) is 4. The van der Waals surface area contributed by atoms with E-state index in [0.717, 1.165) is 24.1 Å². The lowest BCUT2D eigenvalue weighted by Gasteiger charge is -2.21. The second-order valence-corrected chi connectivity index (χ2v) is 6.40. The summed E-state index contributed by atoms with van der Waals surface area (Å²) in [6, 6.07) is 19.6. The molecule has 1 aromatic heterocycles. The highest BCUT2D eigenvalue weighted by Gasteiger charge is 2.31. The molecule has 0 bridgehead atoms. The van der Waals surface area contributed by atoms with E-state index in [0.29, 0.717) is 18.9 Å². The molecule has 132 valence electrons. The van der Waals surface area contributed by atoms with Crippen LogP contribution < -0.4 is 5.73 Å². The topological polar surface area (TPSA) is 77.0 Å². The van der Waals surface area contributed by atoms with Crippen molar-refractivity contribution in [2.75, 3.05) is 13.1 Å². The molecule has 1 saturated heterocycles. The second-order valence-electron chi connectivity index (χ2n) is 6.40. The first-order valence-corrected chi connectivity index (χ1v) is 8.87. The van der Waals surface area contributed by atoms with E-state index in [1.54, 1.807) is 9.58 Å². The van der Waals surface area contributed by atoms with Crippen LogP contribution in [0.15, 0.2) is 60.7 Å². The molecule has 1 fully saturated rings. The van der Waals surface area contributed by atoms with E-state index in [1.807, 2.05) is 60.7 Å². The van der Waals surface area contributed by atoms with Crippen molar-refractivity contribution in [1.82, 2.24) is 19.7 Å². The first-order valence-electron chi connectivity index (χ1n) is 8.87. The highest BCUT2D eigenvalue weighted by Crippen LogP contribution is 2.23. The van der Waals surface area contributed by atoms with Crippen LogP contribution >= 0.6 is 0 Å². The van der Waals surface area contributed by atoms with Gasteiger partial charge >= 0.3 is 0 Å². The molecule has 26 heavy (non-hydrogen) atoms. The lowest BCUT2D eigenvalue weighted by atomic mass is 10.2. The van der Waals surface area contributed by atoms with Crippen LogP contribution in [-0.2, 0) is 0 Å². The number of para-hydroxylation sites is 1. The average molecular weight is 347 g/mol. The van der Waals surface area contributed by atoms with Gasteiger partial charge in [0.15, 0.2) is 5.82 Å². The molecular formula is C20H21N5O. The summed E-state index contributed by atoms with van der Waals surface area (Å²) >= 11 is 0. The number of nitrogens with two attached hydrogens (primary N) is 1. The van der Waals surface area contributed by atoms with E-state index in [-0.39, 0.29) is 17.8 Å². The molecule has 0 spiro atoms. The lowest BCUT2D eigenvalue weighted by Crippen LogP contribution is -2.40. The van der Waals surface area contributed by atoms with Gasteiger partial charge in [0, 0.05) is 24.7 Å². The predicted octanol–water partition coefficient (Wildman–Crippen LogP) is 2.50. The summed E-state index contributed by atoms with van der Waals surface area (Å²) in [4.78, 5) is 19.4. The normalized spacial score (nSPS) is 16.8. The number of aromatic nitrogens is 3. The van der Waals surface area contributed by atoms with Crippen molar-refractivity contribution in [1.29, 1.82) is 0 Å². The van der Waals surface area contributed by atoms with E-state index in [1.165, 1.54) is 0 Å². The summed E-state index contributed by atoms with van der Waals surface area (Å²) in [7, 11) is 0. The fourth-order valence-corrected chi connectivity index (χ4v) is 3.40. The van der Waals surface area contributed by atoms with E-state index in [2.05, 4.69) is 10.1 Å². The van der Waals surface area contributed by atoms with Gasteiger partial charge in [-0.15, -0.1) is 5.10 Å². The molecule has 2 aromatic carbocycles. The Morgan fingerprint density at radius 1 is 1.08 bits per heavy atom. The van der Waals surface area contributed by atoms with Gasteiger partial charge in [-0.2, -0.15) is 0 Å². The number of likely N-dealkylation sites (tertiary alicyclic amines) is 1. The minimum atomic E-state index is -0.148. The van der Waals surface area contributed by atoms with Crippen molar-refractivity contribution in [2.24, 2.45) is 5.73 Å². The summed E-state index contributed by atoms with van der Waals surface area (Å²) in [6.45, 7) is 1.18. The maximum atomic E-state index is 13.0. The first-order chi connectivity index (χ1) is 12.8. The average Bonchev–Trinajstić information content (AvgIpc) is 3.36. The van der Waals surface area contributed by atoms with Crippen molar-refractivity contribution in [3.8, 4) is 17.1 Å². The summed E-state index contributed by atoms with van der Waals surface area (Å²) < 4.78 is 1.73. The van der Waals surface area contributed by atoms with Crippen LogP contribution in [0.2, 0.25) is 0 Å². The maximum absolute atomic E-state index is 13.0. The van der Waals surface area contributed by atoms with Gasteiger partial charge in [-0.05, 0) is 25.0 Å². The quantitative estimate of drug-likeness (QED) is 0.787. The van der Waals surface area contributed by atoms with Gasteiger partial charge < -0.3 is 10.6 Å². The number of amides is 1. The van der Waals surface area contributed by atoms with E-state index >= 15 is 0 Å². The summed E-state index contributed by atoms with van der Waals surface area (Å²) in [6.07, 6.45) is 1.91. The molecule has 1 aliphatic heterocycles. The molecule has 3 aromatic rings. The Labute approximate surface area is 152 Å². The van der Waals surface area contributed by atoms with E-state index < -0.39 is 0 Å². The molecule has 1 amide bonds. The van der Waals surface area contributed by atoms with Crippen LogP contribution in [0.5, 0.6) is 0 Å². The largest absolute Gasteiger partial charge is 0.332 e. The molecule has 4 rings (SSSR count). The molecule has 6 heteroatoms. The Kier molecular flexibility index (Phi) is 4.50. The van der Waals surface area contributed by atoms with Gasteiger partial charge in [-0.1, -0.05) is 48.5 Å². The molecule has 0 radical (unpaired) electrons. The van der Waals surface area contributed by atoms with Crippen molar-refractivity contribution >= 4 is 5.91 Å². The Morgan fingerprint density at radius 2 is 1.77 bits per heavy atom. The van der Waals surface area contributed by atoms with Crippen LogP contribution in [0.4, 0.5) is 0 Å². The molecule has 6 nitrogen and oxygen atoms in total. The zero-order valence-electron chi connectivity index (χ0n) is 14.5. The van der Waals surface area contributed by atoms with Gasteiger partial charge in [0.05, 0.1) is 5.69 Å². The Hall–Kier alpha value is -2.99. The monoisotopic (exact) mass is 347 g/mol. The molecule has 1 aliphatic rings. The van der Waals surface area contributed by atoms with Gasteiger partial charge in [0.25, 0.3) is 5.91 Å². The van der Waals surface area contributed by atoms with Crippen molar-refractivity contribution in [3.05, 3.63) is 66.5 Å². The number of rotatable bonds is 4. The highest BCUT2D eigenvalue weighted by atomic mass is 16.2. The van der Waals surface area contributed by atoms with Crippen molar-refractivity contribution in [2.45, 2.75) is 18.9 Å². The first kappa shape index (κ1) is 16.5. The van der Waals surface area contributed by atoms with Gasteiger partial charge in [0.2, 0.25) is 5.82 Å². The summed E-state index contributed by atoms with van der Waals surface area (Å²) in [5.74, 6) is 0.724. The standard InChI is InChI=1S/C20H21N5O/c21-14-17-12-7-13-24(17)20(26)18-22-19(15-8-3-1-4-9-15)25(23-18)16-10-5-2-6-11-16/h1-6,8-11,17H,7,12-14,21H2. The van der Waals surface area contributed by atoms with Gasteiger partial charge in [-0.25, -0.2) is 9.67 Å². The molecule has 2 heterocycles. The van der Waals surface area contributed by atoms with E-state index in [4.69, 9.17) is 5.73 Å². The lowest BCUT2D eigenvalue weighted by molar-refractivity contribution is 0.0729. The van der Waals surface area contributed by atoms with Crippen LogP contribution in [0.25, 0.3) is 17.1 Å². The Balaban J connectivity index is 1.78. The van der Waals surface area contributed by atoms with Crippen molar-refractivity contribution < 1.29 is 4.79 Å². The molecule has 1 atom stereocenters. The van der Waals surface area contributed by atoms with Crippen LogP contribution in [0.3, 0.4) is 0 Å². The zero-order chi connectivity index (χ0) is 17.9. The zero-order valence-corrected chi connectivity index (χ0v) is 14.5. The fourth-order valence-electron chi connectivity index (χ4n) is 3.40. The molecule has 2 N–H and O–H groups in total. The SMILES string of the molecule is NCC1CCCN1C(=O)c1nc(-c2ccccc2)n(-c2ccccc2)n1. The predicted molar refractivity (Wildman–Crippen MR) is 99.9 cm³/mol. The molecular weight excluding hydrogens is 326 g/mol. The number of hydrogen-bond donors (Lipinski definition) is 1. The molecule has 0 saturated carbocycles. The molecule has 1 unspecified atom stereocenters. The summed E-state index contributed by atoms with van der Waals surface area (Å²) in [5.41, 5.74) is 7.60. The molecule has 0 aliphatic carbocycles. The van der Waals surface area contributed by atoms with Crippen molar-refractivity contribution in [3.63, 3.8) is 0 Å². The smallest absolute Gasteiger partial charge is 0.293 e. The maximum Gasteiger partial charge on any atom is 0.293 e. The third-order valence-corrected chi connectivity index (χ3v) is 4.74. The minimum Gasteiger partial charge on any atom is -0.332 e. The second kappa shape index (κ2) is 7.09. The highest BCUT2D eigenvalue weighted by molar-refractivity contribution is 5.91. The van der Waals surface area contributed by atoms with Crippen LogP contribution in [0, 0.1) is 0 Å². The third-order valence-electron chi connectivity index (χ3n) is 4.74. The number of hydrogen-bond acceptors (Lipinski definition) is 4. The van der Waals surface area contributed by atoms with Gasteiger partial charge in [0.1, 0.15) is 0 Å².